The van der Waals surface area contributed by atoms with Crippen molar-refractivity contribution in [1.29, 1.82) is 0 Å². The molecule has 0 saturated carbocycles. The topological polar surface area (TPSA) is 80.5 Å². The van der Waals surface area contributed by atoms with Gasteiger partial charge < -0.3 is 15.8 Å². The summed E-state index contributed by atoms with van der Waals surface area (Å²) in [6.45, 7) is 2.81. The van der Waals surface area contributed by atoms with E-state index < -0.39 is 0 Å². The van der Waals surface area contributed by atoms with E-state index in [0.717, 1.165) is 60.6 Å². The number of hydrogen-bond acceptors (Lipinski definition) is 5. The summed E-state index contributed by atoms with van der Waals surface area (Å²) in [5.74, 6) is 0.565. The van der Waals surface area contributed by atoms with Gasteiger partial charge in [0.05, 0.1) is 7.11 Å². The Kier molecular flexibility index (Phi) is 6.60. The van der Waals surface area contributed by atoms with Crippen LogP contribution >= 0.6 is 0 Å². The molecule has 3 aromatic rings. The number of amides is 1. The molecule has 1 fully saturated rings. The highest BCUT2D eigenvalue weighted by Crippen LogP contribution is 2.23. The first-order chi connectivity index (χ1) is 15.1. The number of carbonyl (C=O) groups is 1. The summed E-state index contributed by atoms with van der Waals surface area (Å²) in [6.07, 6.45) is 3.88. The Balaban J connectivity index is 1.44. The Morgan fingerprint density at radius 1 is 1.16 bits per heavy atom. The van der Waals surface area contributed by atoms with Crippen LogP contribution in [0, 0.1) is 0 Å². The molecule has 1 atom stereocenters. The van der Waals surface area contributed by atoms with Crippen molar-refractivity contribution in [2.45, 2.75) is 25.4 Å². The highest BCUT2D eigenvalue weighted by Gasteiger charge is 2.17. The zero-order valence-corrected chi connectivity index (χ0v) is 17.8. The van der Waals surface area contributed by atoms with E-state index in [0.29, 0.717) is 5.69 Å². The third-order valence-corrected chi connectivity index (χ3v) is 5.55. The normalized spacial score (nSPS) is 16.6. The van der Waals surface area contributed by atoms with Crippen molar-refractivity contribution >= 4 is 11.6 Å². The van der Waals surface area contributed by atoms with Gasteiger partial charge in [0.15, 0.2) is 0 Å². The summed E-state index contributed by atoms with van der Waals surface area (Å²) in [4.78, 5) is 19.5. The number of ether oxygens (including phenoxy) is 1. The number of pyridine rings is 1. The molecule has 0 bridgehead atoms. The van der Waals surface area contributed by atoms with Gasteiger partial charge in [-0.3, -0.25) is 14.7 Å². The Hall–Kier alpha value is -3.22. The van der Waals surface area contributed by atoms with Crippen molar-refractivity contribution in [2.75, 3.05) is 25.5 Å². The van der Waals surface area contributed by atoms with E-state index in [2.05, 4.69) is 21.3 Å². The standard InChI is InChI=1S/C25H28N4O2/c1-31-23-9-7-19(8-10-23)20-11-12-27-24(15-20)25(30)28-22-6-2-4-18(14-22)16-29-13-3-5-21(26)17-29/h2,4,6-12,14-15,21H,3,5,13,16-17,26H2,1H3,(H,28,30)/t21-/m0/s1. The average molecular weight is 417 g/mol. The third-order valence-electron chi connectivity index (χ3n) is 5.55. The molecular formula is C25H28N4O2. The minimum Gasteiger partial charge on any atom is -0.497 e. The maximum atomic E-state index is 12.8. The maximum Gasteiger partial charge on any atom is 0.274 e. The van der Waals surface area contributed by atoms with Gasteiger partial charge in [-0.25, -0.2) is 0 Å². The molecule has 1 amide bonds. The summed E-state index contributed by atoms with van der Waals surface area (Å²) in [5, 5.41) is 2.98. The molecule has 2 aromatic carbocycles. The molecule has 4 rings (SSSR count). The number of piperidine rings is 1. The van der Waals surface area contributed by atoms with E-state index in [1.165, 1.54) is 0 Å². The predicted octanol–water partition coefficient (Wildman–Crippen LogP) is 3.93. The van der Waals surface area contributed by atoms with Crippen LogP contribution in [0.2, 0.25) is 0 Å². The fraction of sp³-hybridized carbons (Fsp3) is 0.280. The van der Waals surface area contributed by atoms with Crippen molar-refractivity contribution in [3.8, 4) is 16.9 Å². The van der Waals surface area contributed by atoms with Crippen molar-refractivity contribution in [3.63, 3.8) is 0 Å². The van der Waals surface area contributed by atoms with E-state index in [4.69, 9.17) is 10.5 Å². The van der Waals surface area contributed by atoms with Crippen LogP contribution in [-0.2, 0) is 6.54 Å². The second kappa shape index (κ2) is 9.73. The third kappa shape index (κ3) is 5.48. The van der Waals surface area contributed by atoms with Gasteiger partial charge in [-0.15, -0.1) is 0 Å². The van der Waals surface area contributed by atoms with Crippen LogP contribution in [-0.4, -0.2) is 42.0 Å². The lowest BCUT2D eigenvalue weighted by Crippen LogP contribution is -2.42. The van der Waals surface area contributed by atoms with Crippen molar-refractivity contribution in [1.82, 2.24) is 9.88 Å². The Bertz CT molecular complexity index is 1040. The number of nitrogens with one attached hydrogen (secondary N) is 1. The summed E-state index contributed by atoms with van der Waals surface area (Å²) in [5.41, 5.74) is 10.3. The van der Waals surface area contributed by atoms with Gasteiger partial charge in [0, 0.05) is 31.0 Å². The van der Waals surface area contributed by atoms with Gasteiger partial charge >= 0.3 is 0 Å². The SMILES string of the molecule is COc1ccc(-c2ccnc(C(=O)Nc3cccc(CN4CCC[C@H](N)C4)c3)c2)cc1. The van der Waals surface area contributed by atoms with Gasteiger partial charge in [0.25, 0.3) is 5.91 Å². The quantitative estimate of drug-likeness (QED) is 0.636. The molecule has 31 heavy (non-hydrogen) atoms. The number of hydrogen-bond donors (Lipinski definition) is 2. The van der Waals surface area contributed by atoms with Crippen LogP contribution in [0.5, 0.6) is 5.75 Å². The fourth-order valence-electron chi connectivity index (χ4n) is 3.95. The first-order valence-corrected chi connectivity index (χ1v) is 10.6. The summed E-state index contributed by atoms with van der Waals surface area (Å²) in [6, 6.07) is 19.6. The van der Waals surface area contributed by atoms with Gasteiger partial charge in [-0.2, -0.15) is 0 Å². The summed E-state index contributed by atoms with van der Waals surface area (Å²) in [7, 11) is 1.64. The average Bonchev–Trinajstić information content (AvgIpc) is 2.79. The molecule has 0 radical (unpaired) electrons. The van der Waals surface area contributed by atoms with Crippen LogP contribution in [0.3, 0.4) is 0 Å². The van der Waals surface area contributed by atoms with E-state index in [1.54, 1.807) is 19.4 Å². The molecule has 6 heteroatoms. The lowest BCUT2D eigenvalue weighted by atomic mass is 10.1. The summed E-state index contributed by atoms with van der Waals surface area (Å²) >= 11 is 0. The Labute approximate surface area is 183 Å². The zero-order chi connectivity index (χ0) is 21.6. The predicted molar refractivity (Wildman–Crippen MR) is 123 cm³/mol. The minimum atomic E-state index is -0.229. The van der Waals surface area contributed by atoms with Gasteiger partial charge in [-0.05, 0) is 72.5 Å². The van der Waals surface area contributed by atoms with Gasteiger partial charge in [-0.1, -0.05) is 24.3 Å². The lowest BCUT2D eigenvalue weighted by Gasteiger charge is -2.30. The smallest absolute Gasteiger partial charge is 0.274 e. The zero-order valence-electron chi connectivity index (χ0n) is 17.8. The van der Waals surface area contributed by atoms with E-state index in [1.807, 2.05) is 48.5 Å². The molecule has 2 heterocycles. The monoisotopic (exact) mass is 416 g/mol. The molecule has 1 aliphatic rings. The minimum absolute atomic E-state index is 0.229. The van der Waals surface area contributed by atoms with Crippen LogP contribution in [0.25, 0.3) is 11.1 Å². The van der Waals surface area contributed by atoms with E-state index in [9.17, 15) is 4.79 Å². The Morgan fingerprint density at radius 2 is 2.00 bits per heavy atom. The highest BCUT2D eigenvalue weighted by molar-refractivity contribution is 6.03. The van der Waals surface area contributed by atoms with Crippen molar-refractivity contribution in [2.24, 2.45) is 5.73 Å². The fourth-order valence-corrected chi connectivity index (χ4v) is 3.95. The molecule has 1 aromatic heterocycles. The number of likely N-dealkylation sites (tertiary alicyclic amines) is 1. The van der Waals surface area contributed by atoms with Gasteiger partial charge in [0.2, 0.25) is 0 Å². The van der Waals surface area contributed by atoms with Crippen LogP contribution in [0.4, 0.5) is 5.69 Å². The molecule has 0 unspecified atom stereocenters. The van der Waals surface area contributed by atoms with Crippen LogP contribution < -0.4 is 15.8 Å². The largest absolute Gasteiger partial charge is 0.497 e. The molecular weight excluding hydrogens is 388 g/mol. The molecule has 160 valence electrons. The molecule has 1 saturated heterocycles. The number of rotatable bonds is 6. The number of benzene rings is 2. The van der Waals surface area contributed by atoms with Crippen LogP contribution in [0.1, 0.15) is 28.9 Å². The number of methoxy groups -OCH3 is 1. The number of anilines is 1. The molecule has 1 aliphatic heterocycles. The lowest BCUT2D eigenvalue weighted by molar-refractivity contribution is 0.102. The second-order valence-corrected chi connectivity index (χ2v) is 7.95. The number of nitrogens with two attached hydrogens (primary N) is 1. The van der Waals surface area contributed by atoms with Gasteiger partial charge in [0.1, 0.15) is 11.4 Å². The number of nitrogens with zero attached hydrogens (tertiary/aromatic N) is 2. The number of aromatic nitrogens is 1. The first-order valence-electron chi connectivity index (χ1n) is 10.6. The summed E-state index contributed by atoms with van der Waals surface area (Å²) < 4.78 is 5.21. The molecule has 3 N–H and O–H groups in total. The van der Waals surface area contributed by atoms with E-state index in [-0.39, 0.29) is 11.9 Å². The molecule has 6 nitrogen and oxygen atoms in total. The van der Waals surface area contributed by atoms with Crippen molar-refractivity contribution in [3.05, 3.63) is 78.1 Å². The first kappa shape index (κ1) is 21.0. The van der Waals surface area contributed by atoms with Crippen molar-refractivity contribution < 1.29 is 9.53 Å². The number of carbonyl (C=O) groups excluding carboxylic acids is 1. The Morgan fingerprint density at radius 3 is 2.77 bits per heavy atom. The molecule has 0 spiro atoms. The molecule has 0 aliphatic carbocycles. The van der Waals surface area contributed by atoms with E-state index >= 15 is 0 Å². The highest BCUT2D eigenvalue weighted by atomic mass is 16.5. The second-order valence-electron chi connectivity index (χ2n) is 7.95. The van der Waals surface area contributed by atoms with Crippen LogP contribution in [0.15, 0.2) is 66.9 Å². The maximum absolute atomic E-state index is 12.8.